The normalized spacial score (nSPS) is 14.7. The van der Waals surface area contributed by atoms with Gasteiger partial charge in [-0.2, -0.15) is 5.26 Å². The van der Waals surface area contributed by atoms with Crippen LogP contribution in [0.25, 0.3) is 0 Å². The number of rotatable bonds is 1. The standard InChI is InChI=1S/C10H10N2O/c11-6-8-5-9(7-13)12-4-2-1-3-10(8)12/h5,7H,1-4H2. The van der Waals surface area contributed by atoms with Crippen molar-refractivity contribution >= 4 is 6.29 Å². The van der Waals surface area contributed by atoms with Crippen LogP contribution in [0.3, 0.4) is 0 Å². The molecule has 0 saturated carbocycles. The van der Waals surface area contributed by atoms with Crippen LogP contribution in [-0.4, -0.2) is 10.9 Å². The molecule has 3 heteroatoms. The van der Waals surface area contributed by atoms with Crippen molar-refractivity contribution in [1.82, 2.24) is 4.57 Å². The number of carbonyl (C=O) groups excluding carboxylic acids is 1. The molecule has 2 heterocycles. The van der Waals surface area contributed by atoms with Crippen LogP contribution in [0.1, 0.15) is 34.6 Å². The highest BCUT2D eigenvalue weighted by Crippen LogP contribution is 2.21. The van der Waals surface area contributed by atoms with Gasteiger partial charge in [-0.25, -0.2) is 0 Å². The average Bonchev–Trinajstić information content (AvgIpc) is 2.56. The minimum Gasteiger partial charge on any atom is -0.341 e. The predicted molar refractivity (Wildman–Crippen MR) is 47.5 cm³/mol. The Bertz CT molecular complexity index is 384. The molecule has 2 rings (SSSR count). The van der Waals surface area contributed by atoms with Gasteiger partial charge in [0.15, 0.2) is 6.29 Å². The van der Waals surface area contributed by atoms with Crippen LogP contribution in [0.5, 0.6) is 0 Å². The molecule has 0 bridgehead atoms. The van der Waals surface area contributed by atoms with Gasteiger partial charge < -0.3 is 4.57 Å². The molecule has 0 unspecified atom stereocenters. The Labute approximate surface area is 76.6 Å². The number of hydrogen-bond donors (Lipinski definition) is 0. The zero-order valence-electron chi connectivity index (χ0n) is 7.29. The van der Waals surface area contributed by atoms with Crippen molar-refractivity contribution in [3.05, 3.63) is 23.0 Å². The van der Waals surface area contributed by atoms with Gasteiger partial charge in [0.25, 0.3) is 0 Å². The molecule has 0 saturated heterocycles. The van der Waals surface area contributed by atoms with Crippen LogP contribution in [0.2, 0.25) is 0 Å². The number of nitrogens with zero attached hydrogens (tertiary/aromatic N) is 2. The van der Waals surface area contributed by atoms with Crippen molar-refractivity contribution in [3.63, 3.8) is 0 Å². The number of aromatic nitrogens is 1. The first-order valence-corrected chi connectivity index (χ1v) is 4.44. The monoisotopic (exact) mass is 174 g/mol. The summed E-state index contributed by atoms with van der Waals surface area (Å²) in [6.07, 6.45) is 3.98. The smallest absolute Gasteiger partial charge is 0.166 e. The number of aldehydes is 1. The number of nitriles is 1. The Hall–Kier alpha value is -1.56. The molecular weight excluding hydrogens is 164 g/mol. The molecule has 1 aromatic heterocycles. The van der Waals surface area contributed by atoms with E-state index in [2.05, 4.69) is 6.07 Å². The Morgan fingerprint density at radius 2 is 2.38 bits per heavy atom. The Morgan fingerprint density at radius 1 is 1.54 bits per heavy atom. The second-order valence-electron chi connectivity index (χ2n) is 3.27. The molecule has 1 aromatic rings. The molecule has 1 aliphatic heterocycles. The molecule has 66 valence electrons. The summed E-state index contributed by atoms with van der Waals surface area (Å²) in [6.45, 7) is 0.880. The quantitative estimate of drug-likeness (QED) is 0.606. The van der Waals surface area contributed by atoms with Crippen LogP contribution < -0.4 is 0 Å². The van der Waals surface area contributed by atoms with Crippen molar-refractivity contribution in [2.45, 2.75) is 25.8 Å². The van der Waals surface area contributed by atoms with Gasteiger partial charge in [-0.1, -0.05) is 0 Å². The summed E-state index contributed by atoms with van der Waals surface area (Å²) >= 11 is 0. The van der Waals surface area contributed by atoms with E-state index in [4.69, 9.17) is 5.26 Å². The van der Waals surface area contributed by atoms with E-state index in [0.29, 0.717) is 11.3 Å². The molecule has 0 fully saturated rings. The molecule has 0 aromatic carbocycles. The summed E-state index contributed by atoms with van der Waals surface area (Å²) in [7, 11) is 0. The molecule has 0 spiro atoms. The number of hydrogen-bond acceptors (Lipinski definition) is 2. The molecule has 3 nitrogen and oxygen atoms in total. The Balaban J connectivity index is 2.58. The SMILES string of the molecule is N#Cc1cc(C=O)n2c1CCCC2. The maximum Gasteiger partial charge on any atom is 0.166 e. The van der Waals surface area contributed by atoms with Gasteiger partial charge in [0.1, 0.15) is 6.07 Å². The molecule has 0 amide bonds. The molecular formula is C10H10N2O. The highest BCUT2D eigenvalue weighted by Gasteiger charge is 2.17. The molecule has 13 heavy (non-hydrogen) atoms. The van der Waals surface area contributed by atoms with Crippen molar-refractivity contribution < 1.29 is 4.79 Å². The summed E-state index contributed by atoms with van der Waals surface area (Å²) in [6, 6.07) is 3.82. The van der Waals surface area contributed by atoms with Gasteiger partial charge in [-0.05, 0) is 25.3 Å². The van der Waals surface area contributed by atoms with E-state index in [1.165, 1.54) is 0 Å². The van der Waals surface area contributed by atoms with Crippen molar-refractivity contribution in [2.24, 2.45) is 0 Å². The maximum absolute atomic E-state index is 10.7. The first-order valence-electron chi connectivity index (χ1n) is 4.44. The average molecular weight is 174 g/mol. The van der Waals surface area contributed by atoms with Gasteiger partial charge in [0.05, 0.1) is 11.3 Å². The Kier molecular flexibility index (Phi) is 1.90. The molecule has 0 radical (unpaired) electrons. The lowest BCUT2D eigenvalue weighted by Gasteiger charge is -2.16. The Morgan fingerprint density at radius 3 is 3.08 bits per heavy atom. The van der Waals surface area contributed by atoms with E-state index in [1.54, 1.807) is 6.07 Å². The van der Waals surface area contributed by atoms with Crippen LogP contribution in [-0.2, 0) is 13.0 Å². The lowest BCUT2D eigenvalue weighted by atomic mass is 10.1. The highest BCUT2D eigenvalue weighted by atomic mass is 16.1. The predicted octanol–water partition coefficient (Wildman–Crippen LogP) is 1.51. The summed E-state index contributed by atoms with van der Waals surface area (Å²) in [5.41, 5.74) is 2.35. The highest BCUT2D eigenvalue weighted by molar-refractivity contribution is 5.74. The molecule has 0 aliphatic carbocycles. The lowest BCUT2D eigenvalue weighted by Crippen LogP contribution is -2.12. The zero-order chi connectivity index (χ0) is 9.26. The minimum atomic E-state index is 0.645. The van der Waals surface area contributed by atoms with Crippen molar-refractivity contribution in [3.8, 4) is 6.07 Å². The zero-order valence-corrected chi connectivity index (χ0v) is 7.29. The van der Waals surface area contributed by atoms with E-state index in [0.717, 1.165) is 37.8 Å². The third-order valence-corrected chi connectivity index (χ3v) is 2.53. The molecule has 0 N–H and O–H groups in total. The van der Waals surface area contributed by atoms with Crippen LogP contribution in [0, 0.1) is 11.3 Å². The number of carbonyl (C=O) groups is 1. The third kappa shape index (κ3) is 1.15. The summed E-state index contributed by atoms with van der Waals surface area (Å²) in [5, 5.41) is 8.82. The maximum atomic E-state index is 10.7. The van der Waals surface area contributed by atoms with Gasteiger partial charge in [0.2, 0.25) is 0 Å². The minimum absolute atomic E-state index is 0.645. The third-order valence-electron chi connectivity index (χ3n) is 2.53. The van der Waals surface area contributed by atoms with Gasteiger partial charge in [-0.3, -0.25) is 4.79 Å². The first-order chi connectivity index (χ1) is 6.36. The molecule has 0 atom stereocenters. The fraction of sp³-hybridized carbons (Fsp3) is 0.400. The van der Waals surface area contributed by atoms with E-state index < -0.39 is 0 Å². The van der Waals surface area contributed by atoms with E-state index in [1.807, 2.05) is 4.57 Å². The second kappa shape index (κ2) is 3.06. The molecule has 1 aliphatic rings. The first kappa shape index (κ1) is 8.06. The van der Waals surface area contributed by atoms with Gasteiger partial charge >= 0.3 is 0 Å². The van der Waals surface area contributed by atoms with E-state index >= 15 is 0 Å². The summed E-state index contributed by atoms with van der Waals surface area (Å²) in [5.74, 6) is 0. The fourth-order valence-corrected chi connectivity index (χ4v) is 1.90. The van der Waals surface area contributed by atoms with E-state index in [9.17, 15) is 4.79 Å². The summed E-state index contributed by atoms with van der Waals surface area (Å²) < 4.78 is 1.97. The topological polar surface area (TPSA) is 45.8 Å². The van der Waals surface area contributed by atoms with Crippen LogP contribution >= 0.6 is 0 Å². The largest absolute Gasteiger partial charge is 0.341 e. The van der Waals surface area contributed by atoms with Crippen molar-refractivity contribution in [2.75, 3.05) is 0 Å². The summed E-state index contributed by atoms with van der Waals surface area (Å²) in [4.78, 5) is 10.7. The van der Waals surface area contributed by atoms with Crippen LogP contribution in [0.15, 0.2) is 6.07 Å². The lowest BCUT2D eigenvalue weighted by molar-refractivity contribution is 0.111. The van der Waals surface area contributed by atoms with Crippen molar-refractivity contribution in [1.29, 1.82) is 5.26 Å². The fourth-order valence-electron chi connectivity index (χ4n) is 1.90. The number of fused-ring (bicyclic) bond motifs is 1. The van der Waals surface area contributed by atoms with E-state index in [-0.39, 0.29) is 0 Å². The van der Waals surface area contributed by atoms with Gasteiger partial charge in [0, 0.05) is 12.2 Å². The van der Waals surface area contributed by atoms with Crippen LogP contribution in [0.4, 0.5) is 0 Å². The second-order valence-corrected chi connectivity index (χ2v) is 3.27. The van der Waals surface area contributed by atoms with Gasteiger partial charge in [-0.15, -0.1) is 0 Å².